The fourth-order valence-corrected chi connectivity index (χ4v) is 3.77. The fourth-order valence-electron chi connectivity index (χ4n) is 2.88. The highest BCUT2D eigenvalue weighted by atomic mass is 32.2. The molecule has 1 aliphatic heterocycles. The summed E-state index contributed by atoms with van der Waals surface area (Å²) in [5.74, 6) is 0.0981. The molecule has 23 heavy (non-hydrogen) atoms. The van der Waals surface area contributed by atoms with Crippen LogP contribution in [0.2, 0.25) is 0 Å². The average Bonchev–Trinajstić information content (AvgIpc) is 2.89. The molecule has 7 heteroatoms. The molecular weight excluding hydrogens is 312 g/mol. The van der Waals surface area contributed by atoms with Gasteiger partial charge in [-0.3, -0.25) is 9.59 Å². The maximum absolute atomic E-state index is 12.3. The number of aryl methyl sites for hydroxylation is 1. The quantitative estimate of drug-likeness (QED) is 0.858. The van der Waals surface area contributed by atoms with Gasteiger partial charge in [-0.15, -0.1) is 0 Å². The number of amides is 2. The van der Waals surface area contributed by atoms with Crippen molar-refractivity contribution in [2.75, 3.05) is 18.8 Å². The summed E-state index contributed by atoms with van der Waals surface area (Å²) in [7, 11) is 1.96. The lowest BCUT2D eigenvalue weighted by Crippen LogP contribution is -2.42. The zero-order valence-corrected chi connectivity index (χ0v) is 13.9. The number of aromatic nitrogens is 2. The Labute approximate surface area is 139 Å². The number of fused-ring (bicyclic) bond motifs is 1. The van der Waals surface area contributed by atoms with Crippen molar-refractivity contribution in [1.29, 1.82) is 0 Å². The first-order valence-electron chi connectivity index (χ1n) is 7.67. The molecule has 1 fully saturated rings. The highest BCUT2D eigenvalue weighted by Crippen LogP contribution is 2.24. The van der Waals surface area contributed by atoms with E-state index >= 15 is 0 Å². The monoisotopic (exact) mass is 332 g/mol. The van der Waals surface area contributed by atoms with Gasteiger partial charge in [-0.05, 0) is 25.0 Å². The van der Waals surface area contributed by atoms with E-state index in [0.717, 1.165) is 16.2 Å². The molecule has 2 heterocycles. The van der Waals surface area contributed by atoms with Crippen molar-refractivity contribution in [2.24, 2.45) is 18.7 Å². The molecule has 0 spiro atoms. The average molecular weight is 332 g/mol. The minimum atomic E-state index is -0.258. The van der Waals surface area contributed by atoms with Gasteiger partial charge in [0, 0.05) is 26.1 Å². The normalized spacial score (nSPS) is 16.0. The van der Waals surface area contributed by atoms with Gasteiger partial charge < -0.3 is 15.2 Å². The Morgan fingerprint density at radius 2 is 2.00 bits per heavy atom. The smallest absolute Gasteiger partial charge is 0.233 e. The summed E-state index contributed by atoms with van der Waals surface area (Å²) in [5, 5.41) is 0.839. The number of thioether (sulfide) groups is 1. The number of hydrogen-bond donors (Lipinski definition) is 1. The van der Waals surface area contributed by atoms with Gasteiger partial charge in [0.2, 0.25) is 11.8 Å². The van der Waals surface area contributed by atoms with Gasteiger partial charge in [0.05, 0.1) is 16.8 Å². The van der Waals surface area contributed by atoms with Crippen LogP contribution in [0.5, 0.6) is 0 Å². The zero-order chi connectivity index (χ0) is 16.4. The molecule has 0 bridgehead atoms. The van der Waals surface area contributed by atoms with E-state index < -0.39 is 0 Å². The second-order valence-electron chi connectivity index (χ2n) is 5.79. The lowest BCUT2D eigenvalue weighted by Gasteiger charge is -2.30. The predicted octanol–water partition coefficient (Wildman–Crippen LogP) is 1.39. The molecule has 1 aliphatic rings. The maximum atomic E-state index is 12.3. The van der Waals surface area contributed by atoms with Gasteiger partial charge in [0.1, 0.15) is 0 Å². The van der Waals surface area contributed by atoms with Crippen molar-refractivity contribution in [2.45, 2.75) is 18.0 Å². The van der Waals surface area contributed by atoms with E-state index in [-0.39, 0.29) is 17.7 Å². The van der Waals surface area contributed by atoms with Gasteiger partial charge in [-0.25, -0.2) is 4.98 Å². The number of piperidine rings is 1. The van der Waals surface area contributed by atoms with Crippen LogP contribution in [0.25, 0.3) is 11.0 Å². The minimum absolute atomic E-state index is 0.0879. The van der Waals surface area contributed by atoms with Crippen molar-refractivity contribution in [3.05, 3.63) is 24.3 Å². The third-order valence-electron chi connectivity index (χ3n) is 4.32. The molecule has 0 radical (unpaired) electrons. The Bertz CT molecular complexity index is 735. The number of primary amides is 1. The first-order chi connectivity index (χ1) is 11.1. The summed E-state index contributed by atoms with van der Waals surface area (Å²) >= 11 is 1.45. The molecule has 3 rings (SSSR count). The summed E-state index contributed by atoms with van der Waals surface area (Å²) in [6.45, 7) is 1.21. The van der Waals surface area contributed by atoms with Gasteiger partial charge in [-0.2, -0.15) is 0 Å². The van der Waals surface area contributed by atoms with E-state index in [4.69, 9.17) is 5.73 Å². The minimum Gasteiger partial charge on any atom is -0.369 e. The summed E-state index contributed by atoms with van der Waals surface area (Å²) in [5.41, 5.74) is 7.32. The third kappa shape index (κ3) is 3.34. The van der Waals surface area contributed by atoms with Crippen LogP contribution >= 0.6 is 11.8 Å². The van der Waals surface area contributed by atoms with Crippen molar-refractivity contribution in [1.82, 2.24) is 14.5 Å². The Kier molecular flexibility index (Phi) is 4.56. The summed E-state index contributed by atoms with van der Waals surface area (Å²) in [4.78, 5) is 29.9. The number of nitrogens with zero attached hydrogens (tertiary/aromatic N) is 3. The molecule has 1 saturated heterocycles. The van der Waals surface area contributed by atoms with E-state index in [9.17, 15) is 9.59 Å². The molecule has 2 amide bonds. The van der Waals surface area contributed by atoms with Crippen LogP contribution in [-0.2, 0) is 16.6 Å². The third-order valence-corrected chi connectivity index (χ3v) is 5.34. The Morgan fingerprint density at radius 3 is 2.65 bits per heavy atom. The molecule has 1 aromatic heterocycles. The van der Waals surface area contributed by atoms with Crippen LogP contribution in [0.15, 0.2) is 29.4 Å². The van der Waals surface area contributed by atoms with Gasteiger partial charge in [0.15, 0.2) is 5.16 Å². The molecular formula is C16H20N4O2S. The molecule has 2 N–H and O–H groups in total. The number of likely N-dealkylation sites (tertiary alicyclic amines) is 1. The zero-order valence-electron chi connectivity index (χ0n) is 13.1. The molecule has 6 nitrogen and oxygen atoms in total. The number of carbonyl (C=O) groups is 2. The number of nitrogens with two attached hydrogens (primary N) is 1. The van der Waals surface area contributed by atoms with E-state index in [1.807, 2.05) is 40.8 Å². The van der Waals surface area contributed by atoms with E-state index in [1.54, 1.807) is 0 Å². The fraction of sp³-hybridized carbons (Fsp3) is 0.438. The highest BCUT2D eigenvalue weighted by molar-refractivity contribution is 7.99. The number of rotatable bonds is 4. The Hall–Kier alpha value is -2.02. The molecule has 0 atom stereocenters. The predicted molar refractivity (Wildman–Crippen MR) is 89.9 cm³/mol. The van der Waals surface area contributed by atoms with Crippen LogP contribution in [-0.4, -0.2) is 45.1 Å². The Morgan fingerprint density at radius 1 is 1.30 bits per heavy atom. The number of imidazole rings is 1. The van der Waals surface area contributed by atoms with Gasteiger partial charge in [0.25, 0.3) is 0 Å². The molecule has 122 valence electrons. The standard InChI is InChI=1S/C16H20N4O2S/c1-19-13-5-3-2-4-12(13)18-16(19)23-10-14(21)20-8-6-11(7-9-20)15(17)22/h2-5,11H,6-10H2,1H3,(H2,17,22). The molecule has 2 aromatic rings. The number of benzene rings is 1. The van der Waals surface area contributed by atoms with Crippen LogP contribution < -0.4 is 5.73 Å². The maximum Gasteiger partial charge on any atom is 0.233 e. The number of para-hydroxylation sites is 2. The summed E-state index contributed by atoms with van der Waals surface area (Å²) < 4.78 is 2.01. The first kappa shape index (κ1) is 15.9. The van der Waals surface area contributed by atoms with Crippen molar-refractivity contribution >= 4 is 34.6 Å². The van der Waals surface area contributed by atoms with E-state index in [2.05, 4.69) is 4.98 Å². The number of carbonyl (C=O) groups excluding carboxylic acids is 2. The van der Waals surface area contributed by atoms with Crippen molar-refractivity contribution in [3.8, 4) is 0 Å². The molecule has 0 saturated carbocycles. The second kappa shape index (κ2) is 6.62. The molecule has 0 unspecified atom stereocenters. The largest absolute Gasteiger partial charge is 0.369 e. The summed E-state index contributed by atoms with van der Waals surface area (Å²) in [6.07, 6.45) is 1.33. The van der Waals surface area contributed by atoms with Crippen LogP contribution in [0.1, 0.15) is 12.8 Å². The first-order valence-corrected chi connectivity index (χ1v) is 8.66. The number of hydrogen-bond acceptors (Lipinski definition) is 4. The highest BCUT2D eigenvalue weighted by Gasteiger charge is 2.26. The summed E-state index contributed by atoms with van der Waals surface area (Å²) in [6, 6.07) is 7.92. The van der Waals surface area contributed by atoms with Crippen LogP contribution in [0, 0.1) is 5.92 Å². The molecule has 1 aromatic carbocycles. The van der Waals surface area contributed by atoms with Crippen molar-refractivity contribution in [3.63, 3.8) is 0 Å². The second-order valence-corrected chi connectivity index (χ2v) is 6.73. The van der Waals surface area contributed by atoms with Crippen molar-refractivity contribution < 1.29 is 9.59 Å². The van der Waals surface area contributed by atoms with Crippen LogP contribution in [0.4, 0.5) is 0 Å². The lowest BCUT2D eigenvalue weighted by atomic mass is 9.96. The van der Waals surface area contributed by atoms with Gasteiger partial charge in [-0.1, -0.05) is 23.9 Å². The topological polar surface area (TPSA) is 81.2 Å². The van der Waals surface area contributed by atoms with Gasteiger partial charge >= 0.3 is 0 Å². The Balaban J connectivity index is 1.58. The van der Waals surface area contributed by atoms with Crippen LogP contribution in [0.3, 0.4) is 0 Å². The lowest BCUT2D eigenvalue weighted by molar-refractivity contribution is -0.132. The van der Waals surface area contributed by atoms with E-state index in [1.165, 1.54) is 11.8 Å². The molecule has 0 aliphatic carbocycles. The SMILES string of the molecule is Cn1c(SCC(=O)N2CCC(C(N)=O)CC2)nc2ccccc21. The van der Waals surface area contributed by atoms with E-state index in [0.29, 0.717) is 31.7 Å².